The highest BCUT2D eigenvalue weighted by molar-refractivity contribution is 7.92. The van der Waals surface area contributed by atoms with Crippen LogP contribution in [0.4, 0.5) is 47.7 Å². The predicted molar refractivity (Wildman–Crippen MR) is 207 cm³/mol. The Balaban J connectivity index is 1.03. The Hall–Kier alpha value is -5.42. The van der Waals surface area contributed by atoms with Crippen molar-refractivity contribution >= 4 is 56.4 Å². The van der Waals surface area contributed by atoms with Crippen LogP contribution in [-0.4, -0.2) is 80.6 Å². The van der Waals surface area contributed by atoms with Crippen molar-refractivity contribution in [2.45, 2.75) is 57.0 Å². The second kappa shape index (κ2) is 16.5. The number of nitrogens with zero attached hydrogens (tertiary/aromatic N) is 5. The first-order chi connectivity index (χ1) is 26.1. The summed E-state index contributed by atoms with van der Waals surface area (Å²) in [5.41, 5.74) is 3.51. The summed E-state index contributed by atoms with van der Waals surface area (Å²) < 4.78 is 66.7. The minimum atomic E-state index is -4.70. The average Bonchev–Trinajstić information content (AvgIpc) is 3.15. The van der Waals surface area contributed by atoms with Gasteiger partial charge in [0.05, 0.1) is 11.9 Å². The van der Waals surface area contributed by atoms with Crippen LogP contribution in [0, 0.1) is 0 Å². The van der Waals surface area contributed by atoms with E-state index < -0.39 is 33.6 Å². The Morgan fingerprint density at radius 3 is 2.33 bits per heavy atom. The summed E-state index contributed by atoms with van der Waals surface area (Å²) in [7, 11) is -0.00253. The molecule has 3 aromatic carbocycles. The minimum Gasteiger partial charge on any atom is -0.374 e. The highest BCUT2D eigenvalue weighted by Crippen LogP contribution is 2.35. The standard InChI is InChI=1S/C38H44F3N9O4S/c1-48(24-26-7-4-8-28(20-26)44-33-14-15-34(51)46-36(33)52)29-16-18-50(19-17-29)30-12-10-27(11-13-30)45-37-43-23-32(38(39,40)41)35(47-37)42-22-25-6-5-9-31(21-25)49(2)55(3,53)54/h4-13,20-21,23,29,33,44H,14-19,22,24H2,1-3H3,(H,46,51,52)(H2,42,43,45,47). The van der Waals surface area contributed by atoms with E-state index in [9.17, 15) is 31.2 Å². The first kappa shape index (κ1) is 39.3. The summed E-state index contributed by atoms with van der Waals surface area (Å²) in [6.45, 7) is 2.41. The first-order valence-corrected chi connectivity index (χ1v) is 19.7. The maximum Gasteiger partial charge on any atom is 0.421 e. The fraction of sp³-hybridized carbons (Fsp3) is 0.368. The van der Waals surface area contributed by atoms with Gasteiger partial charge in [-0.25, -0.2) is 13.4 Å². The van der Waals surface area contributed by atoms with Crippen molar-refractivity contribution in [1.82, 2.24) is 20.2 Å². The van der Waals surface area contributed by atoms with Gasteiger partial charge in [0.1, 0.15) is 17.4 Å². The van der Waals surface area contributed by atoms with Crippen LogP contribution in [0.3, 0.4) is 0 Å². The first-order valence-electron chi connectivity index (χ1n) is 17.8. The number of imide groups is 1. The Labute approximate surface area is 318 Å². The highest BCUT2D eigenvalue weighted by Gasteiger charge is 2.35. The lowest BCUT2D eigenvalue weighted by atomic mass is 10.0. The zero-order chi connectivity index (χ0) is 39.3. The molecule has 13 nitrogen and oxygen atoms in total. The normalized spacial score (nSPS) is 16.9. The number of hydrogen-bond donors (Lipinski definition) is 4. The number of anilines is 6. The largest absolute Gasteiger partial charge is 0.421 e. The third-order valence-electron chi connectivity index (χ3n) is 9.84. The van der Waals surface area contributed by atoms with Crippen molar-refractivity contribution in [3.8, 4) is 0 Å². The summed E-state index contributed by atoms with van der Waals surface area (Å²) in [5.74, 6) is -0.969. The van der Waals surface area contributed by atoms with E-state index in [1.54, 1.807) is 24.3 Å². The van der Waals surface area contributed by atoms with Gasteiger partial charge in [-0.1, -0.05) is 24.3 Å². The van der Waals surface area contributed by atoms with Crippen LogP contribution in [0.2, 0.25) is 0 Å². The van der Waals surface area contributed by atoms with Crippen molar-refractivity contribution in [3.63, 3.8) is 0 Å². The molecule has 292 valence electrons. The minimum absolute atomic E-state index is 0.0186. The van der Waals surface area contributed by atoms with E-state index in [1.807, 2.05) is 42.5 Å². The van der Waals surface area contributed by atoms with E-state index in [0.717, 1.165) is 66.2 Å². The molecule has 1 aromatic heterocycles. The number of sulfonamides is 1. The van der Waals surface area contributed by atoms with Gasteiger partial charge >= 0.3 is 6.18 Å². The monoisotopic (exact) mass is 779 g/mol. The van der Waals surface area contributed by atoms with E-state index in [1.165, 1.54) is 7.05 Å². The van der Waals surface area contributed by atoms with Gasteiger partial charge < -0.3 is 20.9 Å². The second-order valence-electron chi connectivity index (χ2n) is 13.9. The molecule has 2 saturated heterocycles. The number of carbonyl (C=O) groups excluding carboxylic acids is 2. The fourth-order valence-electron chi connectivity index (χ4n) is 6.68. The third kappa shape index (κ3) is 10.2. The Bertz CT molecular complexity index is 2110. The molecular formula is C38H44F3N9O4S. The number of carbonyl (C=O) groups is 2. The van der Waals surface area contributed by atoms with Crippen molar-refractivity contribution in [1.29, 1.82) is 0 Å². The molecule has 3 heterocycles. The zero-order valence-corrected chi connectivity index (χ0v) is 31.5. The van der Waals surface area contributed by atoms with Gasteiger partial charge in [0, 0.05) is 68.9 Å². The van der Waals surface area contributed by atoms with Gasteiger partial charge in [-0.2, -0.15) is 18.2 Å². The molecule has 17 heteroatoms. The van der Waals surface area contributed by atoms with E-state index in [0.29, 0.717) is 35.8 Å². The maximum absolute atomic E-state index is 13.9. The molecule has 4 aromatic rings. The molecule has 1 atom stereocenters. The lowest BCUT2D eigenvalue weighted by Gasteiger charge is -2.38. The molecule has 55 heavy (non-hydrogen) atoms. The Morgan fingerprint density at radius 2 is 1.64 bits per heavy atom. The van der Waals surface area contributed by atoms with Gasteiger partial charge in [0.25, 0.3) is 0 Å². The lowest BCUT2D eigenvalue weighted by molar-refractivity contribution is -0.137. The number of alkyl halides is 3. The highest BCUT2D eigenvalue weighted by atomic mass is 32.2. The molecule has 0 aliphatic carbocycles. The van der Waals surface area contributed by atoms with Crippen LogP contribution in [0.5, 0.6) is 0 Å². The van der Waals surface area contributed by atoms with Crippen LogP contribution < -0.4 is 30.5 Å². The molecule has 4 N–H and O–H groups in total. The second-order valence-corrected chi connectivity index (χ2v) is 15.9. The van der Waals surface area contributed by atoms with E-state index in [-0.39, 0.29) is 24.3 Å². The van der Waals surface area contributed by atoms with Crippen LogP contribution in [0.1, 0.15) is 42.4 Å². The van der Waals surface area contributed by atoms with Crippen molar-refractivity contribution in [3.05, 3.63) is 95.7 Å². The molecule has 2 amide bonds. The van der Waals surface area contributed by atoms with Crippen LogP contribution in [0.25, 0.3) is 0 Å². The quantitative estimate of drug-likeness (QED) is 0.126. The summed E-state index contributed by atoms with van der Waals surface area (Å²) >= 11 is 0. The number of halogens is 3. The molecule has 2 fully saturated rings. The van der Waals surface area contributed by atoms with Crippen LogP contribution in [0.15, 0.2) is 79.0 Å². The zero-order valence-electron chi connectivity index (χ0n) is 30.7. The summed E-state index contributed by atoms with van der Waals surface area (Å²) in [5, 5.41) is 11.4. The van der Waals surface area contributed by atoms with Gasteiger partial charge in [-0.15, -0.1) is 0 Å². The summed E-state index contributed by atoms with van der Waals surface area (Å²) in [6, 6.07) is 22.0. The summed E-state index contributed by atoms with van der Waals surface area (Å²) in [4.78, 5) is 36.4. The summed E-state index contributed by atoms with van der Waals surface area (Å²) in [6.07, 6.45) is -0.207. The van der Waals surface area contributed by atoms with Crippen molar-refractivity contribution < 1.29 is 31.2 Å². The van der Waals surface area contributed by atoms with E-state index in [4.69, 9.17) is 0 Å². The SMILES string of the molecule is CN(Cc1cccc(NC2CCC(=O)NC2=O)c1)C1CCN(c2ccc(Nc3ncc(C(F)(F)F)c(NCc4cccc(N(C)S(C)(=O)=O)c4)n3)cc2)CC1. The molecule has 0 saturated carbocycles. The fourth-order valence-corrected chi connectivity index (χ4v) is 7.18. The smallest absolute Gasteiger partial charge is 0.374 e. The number of piperidine rings is 2. The van der Waals surface area contributed by atoms with E-state index >= 15 is 0 Å². The van der Waals surface area contributed by atoms with Crippen molar-refractivity contribution in [2.24, 2.45) is 0 Å². The topological polar surface area (TPSA) is 152 Å². The number of amides is 2. The van der Waals surface area contributed by atoms with Gasteiger partial charge in [0.15, 0.2) is 0 Å². The van der Waals surface area contributed by atoms with Gasteiger partial charge in [-0.05, 0) is 86.0 Å². The number of benzene rings is 3. The Morgan fingerprint density at radius 1 is 0.927 bits per heavy atom. The number of hydrogen-bond acceptors (Lipinski definition) is 11. The molecule has 2 aliphatic rings. The lowest BCUT2D eigenvalue weighted by Crippen LogP contribution is -2.47. The van der Waals surface area contributed by atoms with Crippen LogP contribution in [-0.2, 0) is 38.9 Å². The van der Waals surface area contributed by atoms with Gasteiger partial charge in [-0.3, -0.25) is 24.1 Å². The number of aromatic nitrogens is 2. The molecular weight excluding hydrogens is 736 g/mol. The molecule has 0 spiro atoms. The Kier molecular flexibility index (Phi) is 11.8. The molecule has 0 radical (unpaired) electrons. The molecule has 6 rings (SSSR count). The number of rotatable bonds is 13. The molecule has 0 bridgehead atoms. The third-order valence-corrected chi connectivity index (χ3v) is 11.0. The molecule has 2 aliphatic heterocycles. The maximum atomic E-state index is 13.9. The van der Waals surface area contributed by atoms with E-state index in [2.05, 4.69) is 54.1 Å². The molecule has 1 unspecified atom stereocenters. The predicted octanol–water partition coefficient (Wildman–Crippen LogP) is 5.56. The van der Waals surface area contributed by atoms with Crippen LogP contribution >= 0.6 is 0 Å². The van der Waals surface area contributed by atoms with Crippen molar-refractivity contribution in [2.75, 3.05) is 58.6 Å². The number of nitrogens with one attached hydrogen (secondary N) is 4. The average molecular weight is 780 g/mol. The van der Waals surface area contributed by atoms with Gasteiger partial charge in [0.2, 0.25) is 27.8 Å².